The second-order valence-electron chi connectivity index (χ2n) is 8.22. The van der Waals surface area contributed by atoms with E-state index >= 15 is 0 Å². The van der Waals surface area contributed by atoms with E-state index in [9.17, 15) is 4.79 Å². The van der Waals surface area contributed by atoms with Crippen LogP contribution in [0.2, 0.25) is 0 Å². The van der Waals surface area contributed by atoms with Gasteiger partial charge in [-0.3, -0.25) is 9.89 Å². The Kier molecular flexibility index (Phi) is 4.47. The summed E-state index contributed by atoms with van der Waals surface area (Å²) in [5.41, 5.74) is 6.78. The quantitative estimate of drug-likeness (QED) is 0.343. The van der Waals surface area contributed by atoms with Gasteiger partial charge in [0, 0.05) is 30.7 Å². The number of rotatable bonds is 4. The Morgan fingerprint density at radius 1 is 0.939 bits per heavy atom. The van der Waals surface area contributed by atoms with Gasteiger partial charge in [-0.2, -0.15) is 0 Å². The lowest BCUT2D eigenvalue weighted by Gasteiger charge is -2.27. The first-order valence-electron chi connectivity index (χ1n) is 10.8. The summed E-state index contributed by atoms with van der Waals surface area (Å²) in [6.07, 6.45) is 5.42. The molecule has 3 heterocycles. The van der Waals surface area contributed by atoms with E-state index < -0.39 is 0 Å². The molecule has 1 fully saturated rings. The molecule has 0 bridgehead atoms. The fraction of sp³-hybridized carbons (Fsp3) is 0.115. The summed E-state index contributed by atoms with van der Waals surface area (Å²) in [6, 6.07) is 21.9. The van der Waals surface area contributed by atoms with Gasteiger partial charge in [0.15, 0.2) is 0 Å². The molecule has 3 aromatic carbocycles. The molecular formula is C26H22N6O. The maximum absolute atomic E-state index is 13.4. The van der Waals surface area contributed by atoms with Crippen LogP contribution in [0.15, 0.2) is 84.2 Å². The largest absolute Gasteiger partial charge is 0.361 e. The number of aromatic nitrogens is 3. The minimum atomic E-state index is -0.220. The molecule has 1 aliphatic heterocycles. The summed E-state index contributed by atoms with van der Waals surface area (Å²) < 4.78 is 0. The molecule has 0 aliphatic carbocycles. The number of fused-ring (bicyclic) bond motifs is 2. The number of nitrogens with one attached hydrogen (secondary N) is 3. The topological polar surface area (TPSA) is 89.2 Å². The standard InChI is InChI=1S/C26H22N6O/c1-27-14-16-2-4-17(5-3-16)25-24(19-6-8-21-18(12-19)10-11-28-21)31-26(33)32(25)20-7-9-22-23(13-20)30-15-29-22/h2-15,24-25,28H,1H3,(H,29,30)(H,31,33). The molecule has 3 N–H and O–H groups in total. The summed E-state index contributed by atoms with van der Waals surface area (Å²) in [6.45, 7) is 0. The van der Waals surface area contributed by atoms with Crippen molar-refractivity contribution < 1.29 is 4.79 Å². The van der Waals surface area contributed by atoms with Gasteiger partial charge >= 0.3 is 6.03 Å². The first-order valence-corrected chi connectivity index (χ1v) is 10.8. The van der Waals surface area contributed by atoms with Crippen molar-refractivity contribution in [1.82, 2.24) is 20.3 Å². The number of hydrogen-bond acceptors (Lipinski definition) is 3. The highest BCUT2D eigenvalue weighted by Crippen LogP contribution is 2.42. The Morgan fingerprint density at radius 3 is 2.64 bits per heavy atom. The van der Waals surface area contributed by atoms with Crippen molar-refractivity contribution in [2.24, 2.45) is 4.99 Å². The Hall–Kier alpha value is -4.39. The van der Waals surface area contributed by atoms with Crippen LogP contribution < -0.4 is 10.2 Å². The number of imidazole rings is 1. The van der Waals surface area contributed by atoms with Gasteiger partial charge in [-0.05, 0) is 58.5 Å². The third-order valence-corrected chi connectivity index (χ3v) is 6.27. The van der Waals surface area contributed by atoms with Crippen LogP contribution in [0.4, 0.5) is 10.5 Å². The normalized spacial score (nSPS) is 18.6. The third-order valence-electron chi connectivity index (χ3n) is 6.27. The van der Waals surface area contributed by atoms with E-state index in [4.69, 9.17) is 0 Å². The fourth-order valence-electron chi connectivity index (χ4n) is 4.71. The molecule has 162 valence electrons. The maximum Gasteiger partial charge on any atom is 0.323 e. The first kappa shape index (κ1) is 19.3. The van der Waals surface area contributed by atoms with Gasteiger partial charge < -0.3 is 15.3 Å². The van der Waals surface area contributed by atoms with E-state index in [1.54, 1.807) is 13.4 Å². The Balaban J connectivity index is 1.48. The van der Waals surface area contributed by atoms with E-state index in [0.29, 0.717) is 0 Å². The van der Waals surface area contributed by atoms with Crippen LogP contribution in [-0.4, -0.2) is 34.2 Å². The van der Waals surface area contributed by atoms with E-state index in [1.165, 1.54) is 0 Å². The zero-order valence-electron chi connectivity index (χ0n) is 18.0. The van der Waals surface area contributed by atoms with Crippen LogP contribution in [0.25, 0.3) is 21.9 Å². The average molecular weight is 435 g/mol. The second-order valence-corrected chi connectivity index (χ2v) is 8.22. The molecule has 2 amide bonds. The minimum Gasteiger partial charge on any atom is -0.361 e. The molecule has 0 saturated carbocycles. The number of aromatic amines is 2. The smallest absolute Gasteiger partial charge is 0.323 e. The van der Waals surface area contributed by atoms with Crippen molar-refractivity contribution in [3.8, 4) is 0 Å². The molecule has 33 heavy (non-hydrogen) atoms. The fourth-order valence-corrected chi connectivity index (χ4v) is 4.71. The number of aliphatic imine (C=N–C) groups is 1. The number of carbonyl (C=O) groups is 1. The Morgan fingerprint density at radius 2 is 1.79 bits per heavy atom. The van der Waals surface area contributed by atoms with Crippen molar-refractivity contribution >= 4 is 39.9 Å². The maximum atomic E-state index is 13.4. The SMILES string of the molecule is CN=Cc1ccc(C2C(c3ccc4[nH]ccc4c3)NC(=O)N2c2ccc3nc[nH]c3c2)cc1. The molecule has 1 saturated heterocycles. The molecule has 6 rings (SSSR count). The molecule has 0 radical (unpaired) electrons. The lowest BCUT2D eigenvalue weighted by atomic mass is 9.92. The lowest BCUT2D eigenvalue weighted by Crippen LogP contribution is -2.29. The predicted molar refractivity (Wildman–Crippen MR) is 131 cm³/mol. The van der Waals surface area contributed by atoms with Crippen molar-refractivity contribution in [3.63, 3.8) is 0 Å². The third kappa shape index (κ3) is 3.25. The van der Waals surface area contributed by atoms with Gasteiger partial charge in [-0.1, -0.05) is 30.3 Å². The highest BCUT2D eigenvalue weighted by atomic mass is 16.2. The average Bonchev–Trinajstić information content (AvgIpc) is 3.57. The Bertz CT molecular complexity index is 1500. The molecular weight excluding hydrogens is 412 g/mol. The molecule has 1 aliphatic rings. The van der Waals surface area contributed by atoms with Gasteiger partial charge in [-0.15, -0.1) is 0 Å². The summed E-state index contributed by atoms with van der Waals surface area (Å²) >= 11 is 0. The van der Waals surface area contributed by atoms with Crippen LogP contribution in [0.3, 0.4) is 0 Å². The second kappa shape index (κ2) is 7.63. The Labute approximate surface area is 190 Å². The predicted octanol–water partition coefficient (Wildman–Crippen LogP) is 5.11. The zero-order valence-corrected chi connectivity index (χ0v) is 18.0. The van der Waals surface area contributed by atoms with Gasteiger partial charge in [0.2, 0.25) is 0 Å². The molecule has 0 spiro atoms. The highest BCUT2D eigenvalue weighted by molar-refractivity contribution is 5.98. The van der Waals surface area contributed by atoms with Gasteiger partial charge in [-0.25, -0.2) is 9.78 Å². The van der Waals surface area contributed by atoms with Gasteiger partial charge in [0.05, 0.1) is 29.4 Å². The van der Waals surface area contributed by atoms with Crippen molar-refractivity contribution in [2.45, 2.75) is 12.1 Å². The van der Waals surface area contributed by atoms with E-state index in [1.807, 2.05) is 53.7 Å². The van der Waals surface area contributed by atoms with Crippen molar-refractivity contribution in [1.29, 1.82) is 0 Å². The van der Waals surface area contributed by atoms with Crippen LogP contribution >= 0.6 is 0 Å². The minimum absolute atomic E-state index is 0.128. The van der Waals surface area contributed by atoms with Crippen LogP contribution in [-0.2, 0) is 0 Å². The molecule has 2 atom stereocenters. The van der Waals surface area contributed by atoms with E-state index in [2.05, 4.69) is 55.6 Å². The summed E-state index contributed by atoms with van der Waals surface area (Å²) in [4.78, 5) is 30.0. The van der Waals surface area contributed by atoms with Gasteiger partial charge in [0.1, 0.15) is 0 Å². The van der Waals surface area contributed by atoms with E-state index in [0.717, 1.165) is 44.3 Å². The summed E-state index contributed by atoms with van der Waals surface area (Å²) in [5, 5.41) is 4.35. The van der Waals surface area contributed by atoms with Gasteiger partial charge in [0.25, 0.3) is 0 Å². The molecule has 2 aromatic heterocycles. The van der Waals surface area contributed by atoms with Crippen molar-refractivity contribution in [2.75, 3.05) is 11.9 Å². The first-order chi connectivity index (χ1) is 16.2. The molecule has 2 unspecified atom stereocenters. The van der Waals surface area contributed by atoms with E-state index in [-0.39, 0.29) is 18.1 Å². The van der Waals surface area contributed by atoms with Crippen molar-refractivity contribution in [3.05, 3.63) is 95.9 Å². The monoisotopic (exact) mass is 434 g/mol. The van der Waals surface area contributed by atoms with Crippen LogP contribution in [0.5, 0.6) is 0 Å². The van der Waals surface area contributed by atoms with Crippen LogP contribution in [0.1, 0.15) is 28.8 Å². The number of hydrogen-bond donors (Lipinski definition) is 3. The highest BCUT2D eigenvalue weighted by Gasteiger charge is 2.42. The summed E-state index contributed by atoms with van der Waals surface area (Å²) in [5.74, 6) is 0. The number of benzene rings is 3. The number of H-pyrrole nitrogens is 2. The number of urea groups is 1. The zero-order chi connectivity index (χ0) is 22.4. The molecule has 7 nitrogen and oxygen atoms in total. The number of nitrogens with zero attached hydrogens (tertiary/aromatic N) is 3. The molecule has 5 aromatic rings. The number of carbonyl (C=O) groups excluding carboxylic acids is 1. The number of amides is 2. The molecule has 7 heteroatoms. The van der Waals surface area contributed by atoms with Crippen LogP contribution in [0, 0.1) is 0 Å². The number of anilines is 1. The lowest BCUT2D eigenvalue weighted by molar-refractivity contribution is 0.251. The summed E-state index contributed by atoms with van der Waals surface area (Å²) in [7, 11) is 1.76.